The first-order chi connectivity index (χ1) is 16.0. The maximum absolute atomic E-state index is 13.9. The molecule has 1 aromatic heterocycles. The number of nitrogens with zero attached hydrogens (tertiary/aromatic N) is 2. The topological polar surface area (TPSA) is 81.0 Å². The number of aliphatic hydroxyl groups excluding tert-OH is 1. The summed E-state index contributed by atoms with van der Waals surface area (Å²) in [6.07, 6.45) is 1.38. The molecular formula is C25H30N2O5S. The van der Waals surface area contributed by atoms with Gasteiger partial charge in [0.2, 0.25) is 0 Å². The Bertz CT molecular complexity index is 1220. The fourth-order valence-electron chi connectivity index (χ4n) is 5.40. The van der Waals surface area contributed by atoms with Crippen LogP contribution in [-0.2, 0) is 19.5 Å². The predicted molar refractivity (Wildman–Crippen MR) is 125 cm³/mol. The van der Waals surface area contributed by atoms with Gasteiger partial charge in [-0.15, -0.1) is 0 Å². The van der Waals surface area contributed by atoms with Gasteiger partial charge in [-0.3, -0.25) is 4.90 Å². The van der Waals surface area contributed by atoms with E-state index in [-0.39, 0.29) is 23.5 Å². The van der Waals surface area contributed by atoms with E-state index in [2.05, 4.69) is 11.8 Å². The number of ether oxygens (including phenoxy) is 2. The maximum Gasteiger partial charge on any atom is 0.268 e. The van der Waals surface area contributed by atoms with Crippen LogP contribution in [0, 0.1) is 5.92 Å². The van der Waals surface area contributed by atoms with E-state index in [1.165, 1.54) is 3.97 Å². The van der Waals surface area contributed by atoms with E-state index < -0.39 is 15.8 Å². The Morgan fingerprint density at radius 2 is 1.76 bits per heavy atom. The van der Waals surface area contributed by atoms with Gasteiger partial charge in [0, 0.05) is 30.8 Å². The van der Waals surface area contributed by atoms with Crippen LogP contribution in [-0.4, -0.2) is 61.1 Å². The lowest BCUT2D eigenvalue weighted by atomic mass is 9.83. The second-order valence-electron chi connectivity index (χ2n) is 8.76. The van der Waals surface area contributed by atoms with Crippen molar-refractivity contribution in [2.75, 3.05) is 32.9 Å². The zero-order chi connectivity index (χ0) is 23.1. The van der Waals surface area contributed by atoms with Gasteiger partial charge in [0.25, 0.3) is 10.0 Å². The van der Waals surface area contributed by atoms with E-state index in [0.717, 1.165) is 11.8 Å². The number of piperidine rings is 1. The summed E-state index contributed by atoms with van der Waals surface area (Å²) in [5.74, 6) is -0.588. The van der Waals surface area contributed by atoms with Crippen molar-refractivity contribution >= 4 is 20.9 Å². The van der Waals surface area contributed by atoms with Crippen LogP contribution < -0.4 is 0 Å². The van der Waals surface area contributed by atoms with Gasteiger partial charge in [-0.1, -0.05) is 43.3 Å². The van der Waals surface area contributed by atoms with Crippen molar-refractivity contribution in [3.63, 3.8) is 0 Å². The average molecular weight is 471 g/mol. The molecule has 0 bridgehead atoms. The molecule has 3 heterocycles. The SMILES string of the molecule is CC[C@H]1CN(CCO)C(c2cc3ccccc3n2S(=O)(=O)c2ccccc2)CC12OCCO2. The van der Waals surface area contributed by atoms with Gasteiger partial charge in [-0.25, -0.2) is 12.4 Å². The molecule has 1 spiro atoms. The number of hydrogen-bond acceptors (Lipinski definition) is 6. The maximum atomic E-state index is 13.9. The highest BCUT2D eigenvalue weighted by atomic mass is 32.2. The third-order valence-corrected chi connectivity index (χ3v) is 8.72. The van der Waals surface area contributed by atoms with Gasteiger partial charge in [0.05, 0.1) is 42.0 Å². The second-order valence-corrected chi connectivity index (χ2v) is 10.5. The number of aliphatic hydroxyl groups is 1. The Hall–Kier alpha value is -2.23. The quantitative estimate of drug-likeness (QED) is 0.595. The highest BCUT2D eigenvalue weighted by molar-refractivity contribution is 7.90. The molecular weight excluding hydrogens is 440 g/mol. The number of aromatic nitrogens is 1. The molecule has 2 aliphatic rings. The molecule has 2 saturated heterocycles. The van der Waals surface area contributed by atoms with Crippen molar-refractivity contribution in [1.29, 1.82) is 0 Å². The molecule has 2 fully saturated rings. The molecule has 2 atom stereocenters. The minimum Gasteiger partial charge on any atom is -0.395 e. The molecule has 1 N–H and O–H groups in total. The third kappa shape index (κ3) is 3.80. The smallest absolute Gasteiger partial charge is 0.268 e. The van der Waals surface area contributed by atoms with E-state index in [1.54, 1.807) is 30.3 Å². The molecule has 7 nitrogen and oxygen atoms in total. The van der Waals surface area contributed by atoms with Crippen LogP contribution in [0.1, 0.15) is 31.5 Å². The Balaban J connectivity index is 1.69. The van der Waals surface area contributed by atoms with Crippen LogP contribution in [0.25, 0.3) is 10.9 Å². The molecule has 2 aromatic carbocycles. The second kappa shape index (κ2) is 8.85. The van der Waals surface area contributed by atoms with Crippen molar-refractivity contribution in [3.8, 4) is 0 Å². The number of hydrogen-bond donors (Lipinski definition) is 1. The molecule has 2 aliphatic heterocycles. The van der Waals surface area contributed by atoms with Crippen molar-refractivity contribution < 1.29 is 23.0 Å². The Morgan fingerprint density at radius 1 is 1.06 bits per heavy atom. The van der Waals surface area contributed by atoms with Gasteiger partial charge in [-0.05, 0) is 30.7 Å². The zero-order valence-corrected chi connectivity index (χ0v) is 19.6. The first-order valence-electron chi connectivity index (χ1n) is 11.5. The lowest BCUT2D eigenvalue weighted by molar-refractivity contribution is -0.234. The molecule has 0 aliphatic carbocycles. The van der Waals surface area contributed by atoms with Crippen LogP contribution in [0.15, 0.2) is 65.6 Å². The Kier molecular flexibility index (Phi) is 6.05. The summed E-state index contributed by atoms with van der Waals surface area (Å²) in [5.41, 5.74) is 1.31. The molecule has 176 valence electrons. The van der Waals surface area contributed by atoms with E-state index in [0.29, 0.717) is 43.9 Å². The number of β-amino-alcohol motifs (C(OH)–C–C–N with tert-alkyl or cyclic N) is 1. The van der Waals surface area contributed by atoms with Gasteiger partial charge >= 0.3 is 0 Å². The van der Waals surface area contributed by atoms with Crippen molar-refractivity contribution in [1.82, 2.24) is 8.87 Å². The van der Waals surface area contributed by atoms with Crippen LogP contribution in [0.3, 0.4) is 0 Å². The Labute approximate surface area is 194 Å². The van der Waals surface area contributed by atoms with Gasteiger partial charge in [0.1, 0.15) is 0 Å². The summed E-state index contributed by atoms with van der Waals surface area (Å²) in [4.78, 5) is 2.42. The summed E-state index contributed by atoms with van der Waals surface area (Å²) in [6.45, 7) is 4.29. The summed E-state index contributed by atoms with van der Waals surface area (Å²) >= 11 is 0. The zero-order valence-electron chi connectivity index (χ0n) is 18.8. The number of para-hydroxylation sites is 1. The summed E-state index contributed by atoms with van der Waals surface area (Å²) in [6, 6.07) is 17.7. The third-order valence-electron chi connectivity index (χ3n) is 6.97. The van der Waals surface area contributed by atoms with Crippen molar-refractivity contribution in [2.24, 2.45) is 5.92 Å². The predicted octanol–water partition coefficient (Wildman–Crippen LogP) is 3.39. The molecule has 0 amide bonds. The molecule has 33 heavy (non-hydrogen) atoms. The molecule has 1 unspecified atom stereocenters. The van der Waals surface area contributed by atoms with Crippen LogP contribution in [0.2, 0.25) is 0 Å². The van der Waals surface area contributed by atoms with Gasteiger partial charge in [0.15, 0.2) is 5.79 Å². The van der Waals surface area contributed by atoms with E-state index in [9.17, 15) is 13.5 Å². The number of rotatable bonds is 6. The standard InChI is InChI=1S/C25H30N2O5S/c1-2-20-18-26(12-13-28)24(17-25(20)31-14-15-32-25)23-16-19-8-6-7-11-22(19)27(23)33(29,30)21-9-4-3-5-10-21/h3-11,16,20,24,28H,2,12-15,17-18H2,1H3/t20-,24?/m0/s1. The van der Waals surface area contributed by atoms with E-state index in [4.69, 9.17) is 9.47 Å². The highest BCUT2D eigenvalue weighted by Gasteiger charge is 2.51. The fraction of sp³-hybridized carbons (Fsp3) is 0.440. The number of likely N-dealkylation sites (tertiary alicyclic amines) is 1. The largest absolute Gasteiger partial charge is 0.395 e. The average Bonchev–Trinajstić information content (AvgIpc) is 3.46. The molecule has 5 rings (SSSR count). The van der Waals surface area contributed by atoms with Crippen LogP contribution >= 0.6 is 0 Å². The van der Waals surface area contributed by atoms with Crippen LogP contribution in [0.4, 0.5) is 0 Å². The molecule has 8 heteroatoms. The van der Waals surface area contributed by atoms with E-state index >= 15 is 0 Å². The van der Waals surface area contributed by atoms with Gasteiger partial charge < -0.3 is 14.6 Å². The number of benzene rings is 2. The minimum atomic E-state index is -3.85. The summed E-state index contributed by atoms with van der Waals surface area (Å²) in [5, 5.41) is 10.7. The Morgan fingerprint density at radius 3 is 2.45 bits per heavy atom. The molecule has 0 saturated carbocycles. The first-order valence-corrected chi connectivity index (χ1v) is 13.0. The highest BCUT2D eigenvalue weighted by Crippen LogP contribution is 2.47. The van der Waals surface area contributed by atoms with E-state index in [1.807, 2.05) is 30.3 Å². The monoisotopic (exact) mass is 470 g/mol. The summed E-state index contributed by atoms with van der Waals surface area (Å²) in [7, 11) is -3.85. The van der Waals surface area contributed by atoms with Gasteiger partial charge in [-0.2, -0.15) is 0 Å². The van der Waals surface area contributed by atoms with Crippen LogP contribution in [0.5, 0.6) is 0 Å². The first kappa shape index (κ1) is 22.6. The normalized spacial score (nSPS) is 23.5. The fourth-order valence-corrected chi connectivity index (χ4v) is 6.98. The molecule has 0 radical (unpaired) electrons. The molecule has 3 aromatic rings. The summed E-state index contributed by atoms with van der Waals surface area (Å²) < 4.78 is 41.6. The minimum absolute atomic E-state index is 0.00663. The number of fused-ring (bicyclic) bond motifs is 1. The lowest BCUT2D eigenvalue weighted by Crippen LogP contribution is -2.54. The lowest BCUT2D eigenvalue weighted by Gasteiger charge is -2.48. The van der Waals surface area contributed by atoms with Crippen molar-refractivity contribution in [3.05, 3.63) is 66.4 Å². The van der Waals surface area contributed by atoms with Crippen molar-refractivity contribution in [2.45, 2.75) is 36.5 Å².